The van der Waals surface area contributed by atoms with Gasteiger partial charge < -0.3 is 15.0 Å². The minimum Gasteiger partial charge on any atom is -0.380 e. The van der Waals surface area contributed by atoms with E-state index < -0.39 is 0 Å². The summed E-state index contributed by atoms with van der Waals surface area (Å²) < 4.78 is 5.57. The summed E-state index contributed by atoms with van der Waals surface area (Å²) in [7, 11) is 0. The van der Waals surface area contributed by atoms with E-state index in [0.717, 1.165) is 25.8 Å². The van der Waals surface area contributed by atoms with E-state index in [4.69, 9.17) is 4.74 Å². The van der Waals surface area contributed by atoms with E-state index in [1.165, 1.54) is 64.6 Å². The van der Waals surface area contributed by atoms with Gasteiger partial charge >= 0.3 is 0 Å². The molecule has 0 aromatic heterocycles. The molecule has 0 atom stereocenters. The van der Waals surface area contributed by atoms with Crippen LogP contribution in [-0.2, 0) is 4.74 Å². The summed E-state index contributed by atoms with van der Waals surface area (Å²) in [5, 5.41) is 3.79. The number of hydrogen-bond acceptors (Lipinski definition) is 3. The molecule has 0 bridgehead atoms. The molecule has 3 aliphatic rings. The van der Waals surface area contributed by atoms with Gasteiger partial charge in [-0.1, -0.05) is 12.8 Å². The van der Waals surface area contributed by atoms with Gasteiger partial charge in [0.2, 0.25) is 0 Å². The van der Waals surface area contributed by atoms with E-state index in [1.807, 2.05) is 0 Å². The monoisotopic (exact) mass is 252 g/mol. The molecule has 0 spiro atoms. The molecule has 3 heteroatoms. The van der Waals surface area contributed by atoms with E-state index in [-0.39, 0.29) is 0 Å². The Hall–Kier alpha value is -0.120. The van der Waals surface area contributed by atoms with Gasteiger partial charge in [-0.2, -0.15) is 0 Å². The molecule has 104 valence electrons. The second-order valence-corrected chi connectivity index (χ2v) is 6.60. The van der Waals surface area contributed by atoms with Crippen molar-refractivity contribution in [3.05, 3.63) is 0 Å². The lowest BCUT2D eigenvalue weighted by Gasteiger charge is -2.35. The summed E-state index contributed by atoms with van der Waals surface area (Å²) in [5.41, 5.74) is 0.576. The van der Waals surface area contributed by atoms with Crippen LogP contribution in [0, 0.1) is 5.41 Å². The molecule has 0 amide bonds. The number of nitrogens with zero attached hydrogens (tertiary/aromatic N) is 1. The molecule has 0 radical (unpaired) electrons. The van der Waals surface area contributed by atoms with E-state index >= 15 is 0 Å². The molecule has 3 fully saturated rings. The smallest absolute Gasteiger partial charge is 0.0593 e. The first-order valence-electron chi connectivity index (χ1n) is 7.90. The first-order chi connectivity index (χ1) is 8.86. The normalized spacial score (nSPS) is 29.3. The Bertz CT molecular complexity index is 251. The lowest BCUT2D eigenvalue weighted by atomic mass is 9.85. The summed E-state index contributed by atoms with van der Waals surface area (Å²) in [4.78, 5) is 2.66. The van der Waals surface area contributed by atoms with Crippen LogP contribution in [0.4, 0.5) is 0 Å². The summed E-state index contributed by atoms with van der Waals surface area (Å²) in [5.74, 6) is 0. The zero-order valence-corrected chi connectivity index (χ0v) is 11.6. The molecule has 18 heavy (non-hydrogen) atoms. The fourth-order valence-electron chi connectivity index (χ4n) is 3.59. The van der Waals surface area contributed by atoms with Crippen LogP contribution in [0.25, 0.3) is 0 Å². The molecule has 3 nitrogen and oxygen atoms in total. The minimum atomic E-state index is 0.576. The molecule has 0 aromatic carbocycles. The molecule has 1 aliphatic heterocycles. The topological polar surface area (TPSA) is 24.5 Å². The summed E-state index contributed by atoms with van der Waals surface area (Å²) in [6, 6.07) is 0.856. The maximum Gasteiger partial charge on any atom is 0.0593 e. The molecule has 1 saturated heterocycles. The Morgan fingerprint density at radius 2 is 1.89 bits per heavy atom. The van der Waals surface area contributed by atoms with Crippen LogP contribution >= 0.6 is 0 Å². The van der Waals surface area contributed by atoms with Crippen molar-refractivity contribution in [1.29, 1.82) is 0 Å². The Labute approximate surface area is 111 Å². The maximum absolute atomic E-state index is 5.57. The van der Waals surface area contributed by atoms with E-state index in [2.05, 4.69) is 10.2 Å². The molecule has 1 heterocycles. The summed E-state index contributed by atoms with van der Waals surface area (Å²) in [6.07, 6.45) is 9.79. The van der Waals surface area contributed by atoms with Gasteiger partial charge in [-0.05, 0) is 37.5 Å². The van der Waals surface area contributed by atoms with Crippen LogP contribution in [0.2, 0.25) is 0 Å². The Morgan fingerprint density at radius 3 is 2.67 bits per heavy atom. The van der Waals surface area contributed by atoms with Crippen LogP contribution in [0.15, 0.2) is 0 Å². The minimum absolute atomic E-state index is 0.576. The average Bonchev–Trinajstić information content (AvgIpc) is 3.14. The first-order valence-corrected chi connectivity index (χ1v) is 7.90. The maximum atomic E-state index is 5.57. The molecule has 1 N–H and O–H groups in total. The zero-order chi connectivity index (χ0) is 12.3. The third-order valence-electron chi connectivity index (χ3n) is 4.88. The Kier molecular flexibility index (Phi) is 4.22. The highest BCUT2D eigenvalue weighted by atomic mass is 16.5. The lowest BCUT2D eigenvalue weighted by Crippen LogP contribution is -2.44. The third-order valence-corrected chi connectivity index (χ3v) is 4.88. The van der Waals surface area contributed by atoms with Gasteiger partial charge in [0.15, 0.2) is 0 Å². The SMILES string of the molecule is C1COCCN(CC2(CNC3CC3)CCCC2)C1. The van der Waals surface area contributed by atoms with Crippen LogP contribution in [0.5, 0.6) is 0 Å². The second-order valence-electron chi connectivity index (χ2n) is 6.60. The van der Waals surface area contributed by atoms with Gasteiger partial charge in [0.1, 0.15) is 0 Å². The first kappa shape index (κ1) is 12.9. The van der Waals surface area contributed by atoms with E-state index in [1.54, 1.807) is 0 Å². The number of nitrogens with one attached hydrogen (secondary N) is 1. The number of ether oxygens (including phenoxy) is 1. The van der Waals surface area contributed by atoms with Gasteiger partial charge in [-0.15, -0.1) is 0 Å². The summed E-state index contributed by atoms with van der Waals surface area (Å²) in [6.45, 7) is 6.84. The van der Waals surface area contributed by atoms with Gasteiger partial charge in [0.25, 0.3) is 0 Å². The fraction of sp³-hybridized carbons (Fsp3) is 1.00. The van der Waals surface area contributed by atoms with Gasteiger partial charge in [-0.25, -0.2) is 0 Å². The predicted octanol–water partition coefficient (Wildman–Crippen LogP) is 2.02. The molecule has 3 rings (SSSR count). The van der Waals surface area contributed by atoms with Crippen molar-refractivity contribution in [2.24, 2.45) is 5.41 Å². The quantitative estimate of drug-likeness (QED) is 0.810. The van der Waals surface area contributed by atoms with Crippen molar-refractivity contribution in [2.75, 3.05) is 39.4 Å². The second kappa shape index (κ2) is 5.89. The zero-order valence-electron chi connectivity index (χ0n) is 11.6. The number of hydrogen-bond donors (Lipinski definition) is 1. The Morgan fingerprint density at radius 1 is 1.06 bits per heavy atom. The van der Waals surface area contributed by atoms with Crippen molar-refractivity contribution >= 4 is 0 Å². The highest BCUT2D eigenvalue weighted by molar-refractivity contribution is 4.92. The van der Waals surface area contributed by atoms with Crippen molar-refractivity contribution in [2.45, 2.75) is 51.0 Å². The molecular formula is C15H28N2O. The predicted molar refractivity (Wildman–Crippen MR) is 73.8 cm³/mol. The lowest BCUT2D eigenvalue weighted by molar-refractivity contribution is 0.121. The van der Waals surface area contributed by atoms with E-state index in [0.29, 0.717) is 5.41 Å². The van der Waals surface area contributed by atoms with Crippen molar-refractivity contribution in [1.82, 2.24) is 10.2 Å². The largest absolute Gasteiger partial charge is 0.380 e. The van der Waals surface area contributed by atoms with Gasteiger partial charge in [0, 0.05) is 38.8 Å². The van der Waals surface area contributed by atoms with E-state index in [9.17, 15) is 0 Å². The van der Waals surface area contributed by atoms with Gasteiger partial charge in [0.05, 0.1) is 6.61 Å². The van der Waals surface area contributed by atoms with Crippen molar-refractivity contribution in [3.63, 3.8) is 0 Å². The highest BCUT2D eigenvalue weighted by Gasteiger charge is 2.36. The van der Waals surface area contributed by atoms with Crippen LogP contribution in [0.3, 0.4) is 0 Å². The number of rotatable bonds is 5. The third kappa shape index (κ3) is 3.46. The molecule has 0 unspecified atom stereocenters. The van der Waals surface area contributed by atoms with Crippen LogP contribution in [-0.4, -0.2) is 50.3 Å². The van der Waals surface area contributed by atoms with Crippen molar-refractivity contribution < 1.29 is 4.74 Å². The van der Waals surface area contributed by atoms with Crippen molar-refractivity contribution in [3.8, 4) is 0 Å². The van der Waals surface area contributed by atoms with Crippen LogP contribution in [0.1, 0.15) is 44.9 Å². The Balaban J connectivity index is 1.53. The standard InChI is InChI=1S/C15H28N2O/c1-2-7-15(6-1,12-16-14-4-5-14)13-17-8-3-10-18-11-9-17/h14,16H,1-13H2. The molecular weight excluding hydrogens is 224 g/mol. The molecule has 0 aromatic rings. The average molecular weight is 252 g/mol. The summed E-state index contributed by atoms with van der Waals surface area (Å²) >= 11 is 0. The highest BCUT2D eigenvalue weighted by Crippen LogP contribution is 2.39. The molecule has 2 aliphatic carbocycles. The van der Waals surface area contributed by atoms with Gasteiger partial charge in [-0.3, -0.25) is 0 Å². The fourth-order valence-corrected chi connectivity index (χ4v) is 3.59. The van der Waals surface area contributed by atoms with Crippen LogP contribution < -0.4 is 5.32 Å². The molecule has 2 saturated carbocycles.